The lowest BCUT2D eigenvalue weighted by Crippen LogP contribution is -2.10. The predicted octanol–water partition coefficient (Wildman–Crippen LogP) is 1.29. The number of nitrogens with two attached hydrogens (primary N) is 1. The molecule has 90 valence electrons. The van der Waals surface area contributed by atoms with E-state index in [9.17, 15) is 4.79 Å². The minimum absolute atomic E-state index is 0.196. The topological polar surface area (TPSA) is 76.1 Å². The second-order valence-electron chi connectivity index (χ2n) is 3.70. The summed E-state index contributed by atoms with van der Waals surface area (Å²) in [6, 6.07) is 5.78. The van der Waals surface area contributed by atoms with Gasteiger partial charge in [0.05, 0.1) is 25.2 Å². The number of hydrogen-bond acceptors (Lipinski definition) is 4. The molecule has 0 aliphatic carbocycles. The number of nitriles is 1. The fourth-order valence-corrected chi connectivity index (χ4v) is 1.72. The Morgan fingerprint density at radius 3 is 2.59 bits per heavy atom. The van der Waals surface area contributed by atoms with Gasteiger partial charge in [0.1, 0.15) is 0 Å². The highest BCUT2D eigenvalue weighted by atomic mass is 16.5. The molecule has 1 aromatic rings. The molecule has 0 fully saturated rings. The highest BCUT2D eigenvalue weighted by Crippen LogP contribution is 2.18. The zero-order valence-electron chi connectivity index (χ0n) is 10.1. The molecular formula is C13H16N2O2. The van der Waals surface area contributed by atoms with E-state index >= 15 is 0 Å². The lowest BCUT2D eigenvalue weighted by atomic mass is 9.95. The molecule has 0 atom stereocenters. The first kappa shape index (κ1) is 13.2. The van der Waals surface area contributed by atoms with Gasteiger partial charge in [-0.3, -0.25) is 4.79 Å². The third-order valence-electron chi connectivity index (χ3n) is 2.71. The first-order valence-corrected chi connectivity index (χ1v) is 5.47. The van der Waals surface area contributed by atoms with Crippen molar-refractivity contribution in [3.63, 3.8) is 0 Å². The van der Waals surface area contributed by atoms with Crippen LogP contribution in [0.25, 0.3) is 0 Å². The largest absolute Gasteiger partial charge is 0.469 e. The van der Waals surface area contributed by atoms with Crippen molar-refractivity contribution in [1.29, 1.82) is 5.26 Å². The van der Waals surface area contributed by atoms with E-state index in [2.05, 4.69) is 10.8 Å². The van der Waals surface area contributed by atoms with Crippen molar-refractivity contribution >= 4 is 5.97 Å². The van der Waals surface area contributed by atoms with Crippen LogP contribution in [0.3, 0.4) is 0 Å². The summed E-state index contributed by atoms with van der Waals surface area (Å²) in [6.07, 6.45) is 0.948. The molecule has 17 heavy (non-hydrogen) atoms. The summed E-state index contributed by atoms with van der Waals surface area (Å²) in [5, 5.41) is 9.01. The maximum atomic E-state index is 11.3. The average Bonchev–Trinajstić information content (AvgIpc) is 2.37. The monoisotopic (exact) mass is 232 g/mol. The summed E-state index contributed by atoms with van der Waals surface area (Å²) in [7, 11) is 1.36. The number of aryl methyl sites for hydroxylation is 1. The molecule has 1 rings (SSSR count). The van der Waals surface area contributed by atoms with Gasteiger partial charge >= 0.3 is 5.97 Å². The Kier molecular flexibility index (Phi) is 4.68. The fraction of sp³-hybridized carbons (Fsp3) is 0.385. The van der Waals surface area contributed by atoms with Crippen LogP contribution in [-0.2, 0) is 28.9 Å². The number of nitrogens with zero attached hydrogens (tertiary/aromatic N) is 1. The number of rotatable bonds is 4. The summed E-state index contributed by atoms with van der Waals surface area (Å²) in [5.74, 6) is -0.300. The minimum atomic E-state index is -0.300. The van der Waals surface area contributed by atoms with Crippen molar-refractivity contribution in [3.05, 3.63) is 34.4 Å². The molecule has 0 radical (unpaired) electrons. The first-order chi connectivity index (χ1) is 8.15. The summed E-state index contributed by atoms with van der Waals surface area (Å²) in [4.78, 5) is 11.3. The number of carbonyl (C=O) groups excluding carboxylic acids is 1. The van der Waals surface area contributed by atoms with Crippen LogP contribution in [0.15, 0.2) is 12.1 Å². The second kappa shape index (κ2) is 6.02. The first-order valence-electron chi connectivity index (χ1n) is 5.47. The molecule has 0 aromatic heterocycles. The van der Waals surface area contributed by atoms with Gasteiger partial charge in [-0.05, 0) is 29.2 Å². The molecule has 1 aromatic carbocycles. The van der Waals surface area contributed by atoms with Gasteiger partial charge in [-0.1, -0.05) is 13.0 Å². The normalized spacial score (nSPS) is 9.76. The maximum Gasteiger partial charge on any atom is 0.309 e. The van der Waals surface area contributed by atoms with Gasteiger partial charge in [-0.15, -0.1) is 0 Å². The molecular weight excluding hydrogens is 216 g/mol. The molecule has 4 heteroatoms. The molecule has 0 bridgehead atoms. The highest BCUT2D eigenvalue weighted by molar-refractivity contribution is 5.73. The SMILES string of the molecule is CCc1cc(CC(=O)OC)c(CN)cc1C#N. The van der Waals surface area contributed by atoms with Crippen LogP contribution in [0.1, 0.15) is 29.2 Å². The smallest absolute Gasteiger partial charge is 0.309 e. The van der Waals surface area contributed by atoms with Crippen LogP contribution in [0.4, 0.5) is 0 Å². The summed E-state index contributed by atoms with van der Waals surface area (Å²) in [5.41, 5.74) is 8.85. The minimum Gasteiger partial charge on any atom is -0.469 e. The Morgan fingerprint density at radius 2 is 2.12 bits per heavy atom. The van der Waals surface area contributed by atoms with Crippen molar-refractivity contribution < 1.29 is 9.53 Å². The second-order valence-corrected chi connectivity index (χ2v) is 3.70. The van der Waals surface area contributed by atoms with Gasteiger partial charge in [0.2, 0.25) is 0 Å². The number of ether oxygens (including phenoxy) is 1. The van der Waals surface area contributed by atoms with E-state index in [1.54, 1.807) is 6.07 Å². The van der Waals surface area contributed by atoms with Crippen molar-refractivity contribution in [2.24, 2.45) is 5.73 Å². The van der Waals surface area contributed by atoms with E-state index in [-0.39, 0.29) is 12.4 Å². The van der Waals surface area contributed by atoms with Gasteiger partial charge < -0.3 is 10.5 Å². The van der Waals surface area contributed by atoms with Gasteiger partial charge in [0, 0.05) is 6.54 Å². The number of benzene rings is 1. The number of methoxy groups -OCH3 is 1. The third kappa shape index (κ3) is 3.05. The van der Waals surface area contributed by atoms with E-state index in [1.165, 1.54) is 7.11 Å². The van der Waals surface area contributed by atoms with Crippen LogP contribution in [0, 0.1) is 11.3 Å². The Labute approximate surface area is 101 Å². The van der Waals surface area contributed by atoms with Crippen LogP contribution in [-0.4, -0.2) is 13.1 Å². The molecule has 0 unspecified atom stereocenters. The molecule has 0 saturated carbocycles. The fourth-order valence-electron chi connectivity index (χ4n) is 1.72. The van der Waals surface area contributed by atoms with Gasteiger partial charge in [-0.2, -0.15) is 5.26 Å². The van der Waals surface area contributed by atoms with Crippen molar-refractivity contribution in [2.75, 3.05) is 7.11 Å². The van der Waals surface area contributed by atoms with Crippen molar-refractivity contribution in [2.45, 2.75) is 26.3 Å². The lowest BCUT2D eigenvalue weighted by molar-refractivity contribution is -0.139. The van der Waals surface area contributed by atoms with Crippen molar-refractivity contribution in [3.8, 4) is 6.07 Å². The zero-order valence-corrected chi connectivity index (χ0v) is 10.1. The predicted molar refractivity (Wildman–Crippen MR) is 64.1 cm³/mol. The van der Waals surface area contributed by atoms with Crippen LogP contribution in [0.5, 0.6) is 0 Å². The van der Waals surface area contributed by atoms with E-state index < -0.39 is 0 Å². The maximum absolute atomic E-state index is 11.3. The molecule has 0 saturated heterocycles. The quantitative estimate of drug-likeness (QED) is 0.794. The Morgan fingerprint density at radius 1 is 1.41 bits per heavy atom. The van der Waals surface area contributed by atoms with E-state index in [4.69, 9.17) is 11.0 Å². The summed E-state index contributed by atoms with van der Waals surface area (Å²) < 4.78 is 4.64. The highest BCUT2D eigenvalue weighted by Gasteiger charge is 2.11. The third-order valence-corrected chi connectivity index (χ3v) is 2.71. The molecule has 0 aliphatic rings. The van der Waals surface area contributed by atoms with Gasteiger partial charge in [0.15, 0.2) is 0 Å². The molecule has 0 heterocycles. The molecule has 0 aliphatic heterocycles. The zero-order chi connectivity index (χ0) is 12.8. The van der Waals surface area contributed by atoms with Crippen molar-refractivity contribution in [1.82, 2.24) is 0 Å². The van der Waals surface area contributed by atoms with Gasteiger partial charge in [-0.25, -0.2) is 0 Å². The lowest BCUT2D eigenvalue weighted by Gasteiger charge is -2.10. The van der Waals surface area contributed by atoms with E-state index in [0.29, 0.717) is 12.1 Å². The Hall–Kier alpha value is -1.86. The Bertz CT molecular complexity index is 461. The summed E-state index contributed by atoms with van der Waals surface area (Å²) in [6.45, 7) is 2.28. The average molecular weight is 232 g/mol. The molecule has 2 N–H and O–H groups in total. The number of carbonyl (C=O) groups is 1. The summed E-state index contributed by atoms with van der Waals surface area (Å²) >= 11 is 0. The van der Waals surface area contributed by atoms with Crippen LogP contribution >= 0.6 is 0 Å². The standard InChI is InChI=1S/C13H16N2O2/c1-3-9-4-10(6-13(16)17-2)12(8-15)5-11(9)7-14/h4-5H,3,6,8,15H2,1-2H3. The number of esters is 1. The number of hydrogen-bond donors (Lipinski definition) is 1. The molecule has 0 spiro atoms. The van der Waals surface area contributed by atoms with Gasteiger partial charge in [0.25, 0.3) is 0 Å². The molecule has 4 nitrogen and oxygen atoms in total. The van der Waals surface area contributed by atoms with Crippen LogP contribution < -0.4 is 5.73 Å². The van der Waals surface area contributed by atoms with Crippen LogP contribution in [0.2, 0.25) is 0 Å². The van der Waals surface area contributed by atoms with E-state index in [0.717, 1.165) is 23.1 Å². The Balaban J connectivity index is 3.20. The molecule has 0 amide bonds. The van der Waals surface area contributed by atoms with E-state index in [1.807, 2.05) is 13.0 Å².